The van der Waals surface area contributed by atoms with E-state index in [1.165, 1.54) is 6.20 Å². The molecule has 29 heavy (non-hydrogen) atoms. The van der Waals surface area contributed by atoms with Crippen LogP contribution >= 0.6 is 11.6 Å². The maximum Gasteiger partial charge on any atom is 0.287 e. The molecule has 0 bridgehead atoms. The van der Waals surface area contributed by atoms with Crippen molar-refractivity contribution < 1.29 is 4.79 Å². The second kappa shape index (κ2) is 9.36. The molecule has 7 nitrogen and oxygen atoms in total. The molecule has 0 unspecified atom stereocenters. The van der Waals surface area contributed by atoms with Gasteiger partial charge in [0.15, 0.2) is 0 Å². The first-order valence-corrected chi connectivity index (χ1v) is 9.47. The molecule has 0 atom stereocenters. The van der Waals surface area contributed by atoms with Crippen molar-refractivity contribution in [1.82, 2.24) is 20.2 Å². The highest BCUT2D eigenvalue weighted by molar-refractivity contribution is 6.31. The molecule has 0 aliphatic heterocycles. The molecule has 0 saturated carbocycles. The van der Waals surface area contributed by atoms with E-state index in [1.54, 1.807) is 17.7 Å². The van der Waals surface area contributed by atoms with Crippen LogP contribution in [0.3, 0.4) is 0 Å². The van der Waals surface area contributed by atoms with E-state index in [9.17, 15) is 9.59 Å². The number of hydrogen-bond donors (Lipinski definition) is 3. The van der Waals surface area contributed by atoms with Gasteiger partial charge in [0.25, 0.3) is 11.5 Å². The molecule has 0 radical (unpaired) electrons. The number of halogens is 1. The van der Waals surface area contributed by atoms with Crippen LogP contribution in [0.4, 0.5) is 11.6 Å². The van der Waals surface area contributed by atoms with Gasteiger partial charge in [-0.15, -0.1) is 0 Å². The Morgan fingerprint density at radius 2 is 1.90 bits per heavy atom. The summed E-state index contributed by atoms with van der Waals surface area (Å²) in [5.41, 5.74) is 1.95. The van der Waals surface area contributed by atoms with Crippen LogP contribution in [0.5, 0.6) is 0 Å². The molecular formula is C21H22ClN5O2. The Bertz CT molecular complexity index is 1070. The number of hydrogen-bond acceptors (Lipinski definition) is 5. The van der Waals surface area contributed by atoms with Crippen LogP contribution in [0.1, 0.15) is 21.5 Å². The number of carbonyl (C=O) groups is 1. The van der Waals surface area contributed by atoms with E-state index in [-0.39, 0.29) is 12.2 Å². The van der Waals surface area contributed by atoms with Crippen LogP contribution in [0.15, 0.2) is 59.5 Å². The van der Waals surface area contributed by atoms with E-state index in [0.717, 1.165) is 16.8 Å². The highest BCUT2D eigenvalue weighted by atomic mass is 35.5. The first kappa shape index (κ1) is 20.6. The largest absolute Gasteiger partial charge is 0.339 e. The summed E-state index contributed by atoms with van der Waals surface area (Å²) >= 11 is 6.21. The summed E-state index contributed by atoms with van der Waals surface area (Å²) in [6.07, 6.45) is 1.52. The third-order valence-electron chi connectivity index (χ3n) is 4.38. The van der Waals surface area contributed by atoms with Crippen molar-refractivity contribution in [1.29, 1.82) is 0 Å². The topological polar surface area (TPSA) is 88.0 Å². The van der Waals surface area contributed by atoms with Crippen molar-refractivity contribution in [2.75, 3.05) is 19.0 Å². The van der Waals surface area contributed by atoms with Gasteiger partial charge in [-0.1, -0.05) is 48.0 Å². The highest BCUT2D eigenvalue weighted by Gasteiger charge is 2.16. The summed E-state index contributed by atoms with van der Waals surface area (Å²) in [5.74, 6) is -0.154. The molecule has 0 spiro atoms. The first-order valence-electron chi connectivity index (χ1n) is 9.10. The lowest BCUT2D eigenvalue weighted by Gasteiger charge is -2.17. The molecule has 150 valence electrons. The van der Waals surface area contributed by atoms with E-state index >= 15 is 0 Å². The molecule has 2 aromatic carbocycles. The fraction of sp³-hybridized carbons (Fsp3) is 0.190. The Morgan fingerprint density at radius 3 is 2.62 bits per heavy atom. The van der Waals surface area contributed by atoms with E-state index in [2.05, 4.69) is 20.9 Å². The smallest absolute Gasteiger partial charge is 0.287 e. The van der Waals surface area contributed by atoms with Gasteiger partial charge in [-0.2, -0.15) is 4.98 Å². The minimum absolute atomic E-state index is 0.0236. The summed E-state index contributed by atoms with van der Waals surface area (Å²) in [6.45, 7) is 2.56. The molecule has 0 saturated heterocycles. The number of benzene rings is 2. The molecule has 0 fully saturated rings. The van der Waals surface area contributed by atoms with Crippen molar-refractivity contribution in [2.45, 2.75) is 13.5 Å². The van der Waals surface area contributed by atoms with Crippen LogP contribution in [-0.4, -0.2) is 29.2 Å². The molecule has 1 heterocycles. The summed E-state index contributed by atoms with van der Waals surface area (Å²) in [6, 6.07) is 15.2. The standard InChI is InChI=1S/C21H22ClN5O2/c1-14-17(22)9-6-10-18(14)25-21-26-20(29)16(19(28)24-13-23-2)12-27(21)11-15-7-4-3-5-8-15/h3-10,12,23H,11,13H2,1-2H3,(H,24,28)(H,25,26,29). The molecule has 1 amide bonds. The molecule has 8 heteroatoms. The second-order valence-electron chi connectivity index (χ2n) is 6.47. The lowest BCUT2D eigenvalue weighted by molar-refractivity contribution is 0.0949. The number of nitrogens with one attached hydrogen (secondary N) is 3. The Kier molecular flexibility index (Phi) is 6.64. The maximum atomic E-state index is 12.5. The van der Waals surface area contributed by atoms with Gasteiger partial charge in [0.2, 0.25) is 5.95 Å². The van der Waals surface area contributed by atoms with Crippen LogP contribution in [0.2, 0.25) is 5.02 Å². The fourth-order valence-electron chi connectivity index (χ4n) is 2.78. The molecule has 3 rings (SSSR count). The number of anilines is 2. The molecule has 0 aliphatic rings. The Morgan fingerprint density at radius 1 is 1.14 bits per heavy atom. The van der Waals surface area contributed by atoms with Crippen molar-refractivity contribution in [3.05, 3.63) is 86.8 Å². The minimum Gasteiger partial charge on any atom is -0.339 e. The van der Waals surface area contributed by atoms with Gasteiger partial charge in [-0.25, -0.2) is 0 Å². The number of nitrogens with zero attached hydrogens (tertiary/aromatic N) is 2. The summed E-state index contributed by atoms with van der Waals surface area (Å²) < 4.78 is 1.74. The fourth-order valence-corrected chi connectivity index (χ4v) is 2.95. The SMILES string of the molecule is CNCNC(=O)c1cn(Cc2ccccc2)c(Nc2cccc(Cl)c2C)nc1=O. The van der Waals surface area contributed by atoms with Gasteiger partial charge in [0.05, 0.1) is 13.2 Å². The minimum atomic E-state index is -0.606. The zero-order valence-corrected chi connectivity index (χ0v) is 17.0. The van der Waals surface area contributed by atoms with Crippen molar-refractivity contribution in [3.8, 4) is 0 Å². The van der Waals surface area contributed by atoms with Crippen molar-refractivity contribution >= 4 is 29.1 Å². The Hall–Kier alpha value is -3.16. The summed E-state index contributed by atoms with van der Waals surface area (Å²) in [4.78, 5) is 29.0. The number of rotatable bonds is 7. The third kappa shape index (κ3) is 5.01. The van der Waals surface area contributed by atoms with Crippen molar-refractivity contribution in [3.63, 3.8) is 0 Å². The number of amides is 1. The quantitative estimate of drug-likeness (QED) is 0.520. The van der Waals surface area contributed by atoms with Crippen LogP contribution in [0, 0.1) is 6.92 Å². The molecule has 3 N–H and O–H groups in total. The van der Waals surface area contributed by atoms with E-state index in [4.69, 9.17) is 11.6 Å². The molecule has 1 aromatic heterocycles. The lowest BCUT2D eigenvalue weighted by Crippen LogP contribution is -2.36. The number of carbonyl (C=O) groups excluding carboxylic acids is 1. The summed E-state index contributed by atoms with van der Waals surface area (Å²) in [7, 11) is 1.70. The van der Waals surface area contributed by atoms with Gasteiger partial charge < -0.3 is 20.5 Å². The molecular weight excluding hydrogens is 390 g/mol. The average molecular weight is 412 g/mol. The predicted octanol–water partition coefficient (Wildman–Crippen LogP) is 2.90. The van der Waals surface area contributed by atoms with E-state index in [0.29, 0.717) is 17.5 Å². The van der Waals surface area contributed by atoms with Crippen LogP contribution in [0.25, 0.3) is 0 Å². The zero-order valence-electron chi connectivity index (χ0n) is 16.2. The Balaban J connectivity index is 2.03. The van der Waals surface area contributed by atoms with Crippen molar-refractivity contribution in [2.24, 2.45) is 0 Å². The van der Waals surface area contributed by atoms with E-state index in [1.807, 2.05) is 49.4 Å². The van der Waals surface area contributed by atoms with Gasteiger partial charge in [0, 0.05) is 16.9 Å². The molecule has 3 aromatic rings. The average Bonchev–Trinajstić information content (AvgIpc) is 2.72. The van der Waals surface area contributed by atoms with Crippen LogP contribution in [-0.2, 0) is 6.54 Å². The zero-order chi connectivity index (χ0) is 20.8. The Labute approximate surface area is 173 Å². The van der Waals surface area contributed by atoms with Gasteiger partial charge in [0.1, 0.15) is 5.56 Å². The predicted molar refractivity (Wildman–Crippen MR) is 115 cm³/mol. The van der Waals surface area contributed by atoms with E-state index < -0.39 is 11.5 Å². The number of aromatic nitrogens is 2. The lowest BCUT2D eigenvalue weighted by atomic mass is 10.2. The molecule has 0 aliphatic carbocycles. The normalized spacial score (nSPS) is 10.6. The summed E-state index contributed by atoms with van der Waals surface area (Å²) in [5, 5.41) is 9.22. The highest BCUT2D eigenvalue weighted by Crippen LogP contribution is 2.25. The first-order chi connectivity index (χ1) is 14.0. The monoisotopic (exact) mass is 411 g/mol. The van der Waals surface area contributed by atoms with Crippen LogP contribution < -0.4 is 21.5 Å². The second-order valence-corrected chi connectivity index (χ2v) is 6.88. The maximum absolute atomic E-state index is 12.5. The third-order valence-corrected chi connectivity index (χ3v) is 4.78. The van der Waals surface area contributed by atoms with Gasteiger partial charge in [-0.3, -0.25) is 9.59 Å². The van der Waals surface area contributed by atoms with Gasteiger partial charge in [-0.05, 0) is 37.2 Å². The van der Waals surface area contributed by atoms with Gasteiger partial charge >= 0.3 is 0 Å².